The molecule has 0 bridgehead atoms. The zero-order valence-electron chi connectivity index (χ0n) is 18.2. The van der Waals surface area contributed by atoms with Crippen molar-refractivity contribution in [1.29, 1.82) is 0 Å². The average Bonchev–Trinajstić information content (AvgIpc) is 3.26. The van der Waals surface area contributed by atoms with Gasteiger partial charge in [-0.1, -0.05) is 72.0 Å². The summed E-state index contributed by atoms with van der Waals surface area (Å²) >= 11 is 1.56. The molecule has 0 aliphatic heterocycles. The van der Waals surface area contributed by atoms with Crippen LogP contribution in [0.3, 0.4) is 0 Å². The normalized spacial score (nSPS) is 10.9. The molecule has 1 N–H and O–H groups in total. The number of nitrogens with zero attached hydrogens (tertiary/aromatic N) is 2. The number of para-hydroxylation sites is 2. The first-order valence-electron chi connectivity index (χ1n) is 10.8. The second-order valence-corrected chi connectivity index (χ2v) is 8.50. The first kappa shape index (κ1) is 22.0. The molecule has 1 heterocycles. The van der Waals surface area contributed by atoms with E-state index in [0.29, 0.717) is 32.5 Å². The van der Waals surface area contributed by atoms with Gasteiger partial charge in [0.05, 0.1) is 10.2 Å². The molecule has 0 saturated carbocycles. The van der Waals surface area contributed by atoms with Gasteiger partial charge in [-0.2, -0.15) is 0 Å². The highest BCUT2D eigenvalue weighted by Crippen LogP contribution is 2.29. The second kappa shape index (κ2) is 10.9. The Bertz CT molecular complexity index is 1130. The number of rotatable bonds is 10. The molecule has 1 amide bonds. The van der Waals surface area contributed by atoms with Gasteiger partial charge in [0.1, 0.15) is 12.4 Å². The minimum atomic E-state index is 0.0668. The topological polar surface area (TPSA) is 54.5 Å². The van der Waals surface area contributed by atoms with Crippen molar-refractivity contribution in [3.63, 3.8) is 0 Å². The Morgan fingerprint density at radius 3 is 2.56 bits per heavy atom. The van der Waals surface area contributed by atoms with Gasteiger partial charge in [-0.25, -0.2) is 4.98 Å². The van der Waals surface area contributed by atoms with Crippen molar-refractivity contribution in [3.05, 3.63) is 90.0 Å². The Hall–Kier alpha value is -3.22. The van der Waals surface area contributed by atoms with Crippen LogP contribution in [0, 0.1) is 0 Å². The smallest absolute Gasteiger partial charge is 0.229 e. The SMILES string of the molecule is CNCCN(C(=O)CCc1ccccc1OCc1ccccc1)c1nc2ccccc2s1. The summed E-state index contributed by atoms with van der Waals surface area (Å²) in [7, 11) is 1.89. The lowest BCUT2D eigenvalue weighted by Crippen LogP contribution is -2.36. The molecule has 1 aromatic heterocycles. The van der Waals surface area contributed by atoms with Crippen LogP contribution in [0.5, 0.6) is 5.75 Å². The molecule has 0 fully saturated rings. The van der Waals surface area contributed by atoms with Crippen molar-refractivity contribution in [2.24, 2.45) is 0 Å². The van der Waals surface area contributed by atoms with Crippen LogP contribution in [0.25, 0.3) is 10.2 Å². The maximum Gasteiger partial charge on any atom is 0.229 e. The monoisotopic (exact) mass is 445 g/mol. The number of benzene rings is 3. The van der Waals surface area contributed by atoms with E-state index in [-0.39, 0.29) is 5.91 Å². The predicted octanol–water partition coefficient (Wildman–Crippen LogP) is 5.06. The molecule has 0 radical (unpaired) electrons. The van der Waals surface area contributed by atoms with Crippen LogP contribution in [0.2, 0.25) is 0 Å². The van der Waals surface area contributed by atoms with Gasteiger partial charge in [0.25, 0.3) is 0 Å². The number of ether oxygens (including phenoxy) is 1. The summed E-state index contributed by atoms with van der Waals surface area (Å²) in [5.74, 6) is 0.892. The van der Waals surface area contributed by atoms with Gasteiger partial charge >= 0.3 is 0 Å². The molecular formula is C26H27N3O2S. The number of nitrogens with one attached hydrogen (secondary N) is 1. The van der Waals surface area contributed by atoms with Gasteiger partial charge in [-0.3, -0.25) is 9.69 Å². The predicted molar refractivity (Wildman–Crippen MR) is 131 cm³/mol. The highest BCUT2D eigenvalue weighted by atomic mass is 32.1. The van der Waals surface area contributed by atoms with Gasteiger partial charge in [0.15, 0.2) is 5.13 Å². The standard InChI is InChI=1S/C26H27N3O2S/c1-27-17-18-29(26-28-22-12-6-8-14-24(22)32-26)25(30)16-15-21-11-5-7-13-23(21)31-19-20-9-3-2-4-10-20/h2-14,27H,15-19H2,1H3. The first-order chi connectivity index (χ1) is 15.7. The number of likely N-dealkylation sites (N-methyl/N-ethyl adjacent to an activating group) is 1. The summed E-state index contributed by atoms with van der Waals surface area (Å²) in [5.41, 5.74) is 3.08. The number of thiazole rings is 1. The Morgan fingerprint density at radius 2 is 1.75 bits per heavy atom. The van der Waals surface area contributed by atoms with E-state index in [1.165, 1.54) is 0 Å². The fourth-order valence-corrected chi connectivity index (χ4v) is 4.50. The van der Waals surface area contributed by atoms with Crippen LogP contribution < -0.4 is 15.0 Å². The molecule has 6 heteroatoms. The van der Waals surface area contributed by atoms with E-state index >= 15 is 0 Å². The Morgan fingerprint density at radius 1 is 1.00 bits per heavy atom. The van der Waals surface area contributed by atoms with Crippen LogP contribution >= 0.6 is 11.3 Å². The zero-order chi connectivity index (χ0) is 22.2. The van der Waals surface area contributed by atoms with E-state index in [2.05, 4.69) is 5.32 Å². The number of carbonyl (C=O) groups excluding carboxylic acids is 1. The molecule has 0 atom stereocenters. The lowest BCUT2D eigenvalue weighted by molar-refractivity contribution is -0.118. The maximum absolute atomic E-state index is 13.2. The molecule has 0 saturated heterocycles. The van der Waals surface area contributed by atoms with Gasteiger partial charge in [-0.15, -0.1) is 0 Å². The number of carbonyl (C=O) groups is 1. The Labute approximate surface area is 192 Å². The number of aromatic nitrogens is 1. The van der Waals surface area contributed by atoms with E-state index in [0.717, 1.165) is 32.2 Å². The van der Waals surface area contributed by atoms with Crippen LogP contribution in [0.1, 0.15) is 17.5 Å². The number of fused-ring (bicyclic) bond motifs is 1. The molecule has 5 nitrogen and oxygen atoms in total. The van der Waals surface area contributed by atoms with Crippen molar-refractivity contribution in [1.82, 2.24) is 10.3 Å². The molecule has 0 unspecified atom stereocenters. The third-order valence-electron chi connectivity index (χ3n) is 5.22. The van der Waals surface area contributed by atoms with Crippen LogP contribution in [0.15, 0.2) is 78.9 Å². The average molecular weight is 446 g/mol. The minimum Gasteiger partial charge on any atom is -0.489 e. The number of aryl methyl sites for hydroxylation is 1. The van der Waals surface area contributed by atoms with E-state index < -0.39 is 0 Å². The van der Waals surface area contributed by atoms with Crippen molar-refractivity contribution in [2.45, 2.75) is 19.4 Å². The molecular weight excluding hydrogens is 418 g/mol. The van der Waals surface area contributed by atoms with Crippen molar-refractivity contribution >= 4 is 32.6 Å². The van der Waals surface area contributed by atoms with Crippen LogP contribution in [-0.2, 0) is 17.8 Å². The number of hydrogen-bond acceptors (Lipinski definition) is 5. The maximum atomic E-state index is 13.2. The molecule has 0 aliphatic carbocycles. The van der Waals surface area contributed by atoms with E-state index in [1.807, 2.05) is 85.9 Å². The van der Waals surface area contributed by atoms with E-state index in [1.54, 1.807) is 16.2 Å². The summed E-state index contributed by atoms with van der Waals surface area (Å²) in [6.07, 6.45) is 1.01. The van der Waals surface area contributed by atoms with E-state index in [4.69, 9.17) is 9.72 Å². The highest BCUT2D eigenvalue weighted by molar-refractivity contribution is 7.22. The molecule has 3 aromatic carbocycles. The molecule has 4 rings (SSSR count). The molecule has 0 aliphatic rings. The lowest BCUT2D eigenvalue weighted by Gasteiger charge is -2.20. The lowest BCUT2D eigenvalue weighted by atomic mass is 10.1. The van der Waals surface area contributed by atoms with E-state index in [9.17, 15) is 4.79 Å². The summed E-state index contributed by atoms with van der Waals surface area (Å²) in [6.45, 7) is 1.80. The summed E-state index contributed by atoms with van der Waals surface area (Å²) < 4.78 is 7.15. The Balaban J connectivity index is 1.45. The number of anilines is 1. The van der Waals surface area contributed by atoms with Gasteiger partial charge in [0.2, 0.25) is 5.91 Å². The third-order valence-corrected chi connectivity index (χ3v) is 6.28. The molecule has 32 heavy (non-hydrogen) atoms. The van der Waals surface area contributed by atoms with Crippen LogP contribution in [-0.4, -0.2) is 31.0 Å². The van der Waals surface area contributed by atoms with Crippen LogP contribution in [0.4, 0.5) is 5.13 Å². The first-order valence-corrected chi connectivity index (χ1v) is 11.6. The highest BCUT2D eigenvalue weighted by Gasteiger charge is 2.19. The zero-order valence-corrected chi connectivity index (χ0v) is 19.0. The van der Waals surface area contributed by atoms with Crippen molar-refractivity contribution in [2.75, 3.05) is 25.0 Å². The fraction of sp³-hybridized carbons (Fsp3) is 0.231. The number of hydrogen-bond donors (Lipinski definition) is 1. The van der Waals surface area contributed by atoms with Gasteiger partial charge in [-0.05, 0) is 42.8 Å². The largest absolute Gasteiger partial charge is 0.489 e. The molecule has 164 valence electrons. The fourth-order valence-electron chi connectivity index (χ4n) is 3.49. The quantitative estimate of drug-likeness (QED) is 0.371. The molecule has 4 aromatic rings. The minimum absolute atomic E-state index is 0.0668. The summed E-state index contributed by atoms with van der Waals surface area (Å²) in [6, 6.07) is 26.0. The Kier molecular flexibility index (Phi) is 7.48. The summed E-state index contributed by atoms with van der Waals surface area (Å²) in [4.78, 5) is 19.7. The van der Waals surface area contributed by atoms with Crippen molar-refractivity contribution in [3.8, 4) is 5.75 Å². The van der Waals surface area contributed by atoms with Gasteiger partial charge in [0, 0.05) is 19.5 Å². The van der Waals surface area contributed by atoms with Gasteiger partial charge < -0.3 is 10.1 Å². The molecule has 0 spiro atoms. The third kappa shape index (κ3) is 5.52. The summed E-state index contributed by atoms with van der Waals surface area (Å²) in [5, 5.41) is 3.88. The number of amides is 1. The second-order valence-electron chi connectivity index (χ2n) is 7.50. The van der Waals surface area contributed by atoms with Crippen molar-refractivity contribution < 1.29 is 9.53 Å².